The maximum Gasteiger partial charge on any atom is 0.320 e. The van der Waals surface area contributed by atoms with Crippen LogP contribution in [0.2, 0.25) is 5.02 Å². The van der Waals surface area contributed by atoms with Gasteiger partial charge in [-0.15, -0.1) is 0 Å². The summed E-state index contributed by atoms with van der Waals surface area (Å²) >= 11 is 6.64. The molecule has 0 spiro atoms. The summed E-state index contributed by atoms with van der Waals surface area (Å²) in [4.78, 5) is 19.6. The van der Waals surface area contributed by atoms with Crippen molar-refractivity contribution in [3.8, 4) is 17.3 Å². The van der Waals surface area contributed by atoms with Crippen LogP contribution < -0.4 is 15.0 Å². The number of fused-ring (bicyclic) bond motifs is 4. The molecule has 7 rings (SSSR count). The molecular formula is C29H31ClN6O. The first-order valence-electron chi connectivity index (χ1n) is 13.3. The number of aromatic nitrogens is 3. The Balaban J connectivity index is 1.32. The quantitative estimate of drug-likeness (QED) is 0.406. The number of nitrogens with one attached hydrogen (secondary N) is 1. The average Bonchev–Trinajstić information content (AvgIpc) is 3.49. The summed E-state index contributed by atoms with van der Waals surface area (Å²) in [5.41, 5.74) is 2.50. The largest absolute Gasteiger partial charge is 0.462 e. The van der Waals surface area contributed by atoms with Crippen molar-refractivity contribution >= 4 is 39.2 Å². The van der Waals surface area contributed by atoms with Gasteiger partial charge in [-0.05, 0) is 62.9 Å². The molecule has 2 aromatic heterocycles. The van der Waals surface area contributed by atoms with E-state index < -0.39 is 0 Å². The summed E-state index contributed by atoms with van der Waals surface area (Å²) in [6.07, 6.45) is 4.77. The molecule has 5 heterocycles. The number of pyridine rings is 1. The Bertz CT molecular complexity index is 1460. The Labute approximate surface area is 221 Å². The van der Waals surface area contributed by atoms with Crippen LogP contribution in [0.25, 0.3) is 33.1 Å². The molecule has 0 radical (unpaired) electrons. The van der Waals surface area contributed by atoms with E-state index in [2.05, 4.69) is 58.6 Å². The molecular weight excluding hydrogens is 484 g/mol. The molecule has 8 heteroatoms. The zero-order valence-corrected chi connectivity index (χ0v) is 21.8. The molecule has 3 aliphatic heterocycles. The number of ether oxygens (including phenoxy) is 1. The molecule has 0 aliphatic carbocycles. The van der Waals surface area contributed by atoms with E-state index in [0.29, 0.717) is 36.4 Å². The Morgan fingerprint density at radius 3 is 2.57 bits per heavy atom. The number of hydrogen-bond donors (Lipinski definition) is 1. The molecule has 2 aromatic carbocycles. The van der Waals surface area contributed by atoms with Gasteiger partial charge in [0, 0.05) is 47.2 Å². The van der Waals surface area contributed by atoms with E-state index in [4.69, 9.17) is 31.3 Å². The molecule has 4 aromatic rings. The Kier molecular flexibility index (Phi) is 5.87. The first-order valence-corrected chi connectivity index (χ1v) is 13.7. The van der Waals surface area contributed by atoms with Crippen LogP contribution in [0.3, 0.4) is 0 Å². The fourth-order valence-electron chi connectivity index (χ4n) is 6.27. The lowest BCUT2D eigenvalue weighted by Gasteiger charge is -2.34. The highest BCUT2D eigenvalue weighted by Crippen LogP contribution is 2.35. The van der Waals surface area contributed by atoms with E-state index in [1.54, 1.807) is 0 Å². The topological polar surface area (TPSA) is 66.4 Å². The minimum Gasteiger partial charge on any atom is -0.462 e. The molecule has 2 bridgehead atoms. The zero-order valence-electron chi connectivity index (χ0n) is 21.0. The molecule has 3 fully saturated rings. The van der Waals surface area contributed by atoms with Gasteiger partial charge in [0.2, 0.25) is 0 Å². The maximum absolute atomic E-state index is 6.64. The van der Waals surface area contributed by atoms with E-state index in [1.165, 1.54) is 19.3 Å². The number of benzene rings is 2. The second kappa shape index (κ2) is 9.39. The van der Waals surface area contributed by atoms with Gasteiger partial charge in [-0.3, -0.25) is 0 Å². The minimum absolute atomic E-state index is 0.398. The number of rotatable bonds is 5. The number of nitrogens with zero attached hydrogens (tertiary/aromatic N) is 5. The van der Waals surface area contributed by atoms with Crippen LogP contribution in [0.4, 0.5) is 5.82 Å². The van der Waals surface area contributed by atoms with Crippen LogP contribution in [-0.2, 0) is 0 Å². The second-order valence-electron chi connectivity index (χ2n) is 10.7. The summed E-state index contributed by atoms with van der Waals surface area (Å²) in [6, 6.07) is 18.2. The number of piperazine rings is 1. The monoisotopic (exact) mass is 514 g/mol. The summed E-state index contributed by atoms with van der Waals surface area (Å²) in [5, 5.41) is 7.50. The van der Waals surface area contributed by atoms with Crippen molar-refractivity contribution in [3.63, 3.8) is 0 Å². The van der Waals surface area contributed by atoms with Crippen molar-refractivity contribution in [2.75, 3.05) is 38.2 Å². The summed E-state index contributed by atoms with van der Waals surface area (Å²) in [6.45, 7) is 3.58. The van der Waals surface area contributed by atoms with Crippen molar-refractivity contribution in [1.82, 2.24) is 25.2 Å². The van der Waals surface area contributed by atoms with E-state index in [0.717, 1.165) is 64.3 Å². The van der Waals surface area contributed by atoms with Gasteiger partial charge in [-0.1, -0.05) is 41.9 Å². The van der Waals surface area contributed by atoms with Gasteiger partial charge < -0.3 is 19.9 Å². The number of likely N-dealkylation sites (tertiary alicyclic amines) is 1. The van der Waals surface area contributed by atoms with Gasteiger partial charge in [0.05, 0.1) is 11.1 Å². The molecule has 3 saturated heterocycles. The van der Waals surface area contributed by atoms with Crippen molar-refractivity contribution in [2.24, 2.45) is 0 Å². The minimum atomic E-state index is 0.398. The van der Waals surface area contributed by atoms with Gasteiger partial charge in [0.1, 0.15) is 12.4 Å². The van der Waals surface area contributed by atoms with Gasteiger partial charge >= 0.3 is 6.01 Å². The Morgan fingerprint density at radius 2 is 1.78 bits per heavy atom. The molecule has 37 heavy (non-hydrogen) atoms. The smallest absolute Gasteiger partial charge is 0.320 e. The first-order chi connectivity index (χ1) is 18.1. The van der Waals surface area contributed by atoms with Crippen LogP contribution in [0, 0.1) is 0 Å². The van der Waals surface area contributed by atoms with Crippen molar-refractivity contribution in [3.05, 3.63) is 53.6 Å². The number of halogens is 1. The molecule has 1 unspecified atom stereocenters. The van der Waals surface area contributed by atoms with Gasteiger partial charge in [-0.2, -0.15) is 9.97 Å². The van der Waals surface area contributed by atoms with Crippen molar-refractivity contribution < 1.29 is 4.74 Å². The molecule has 7 nitrogen and oxygen atoms in total. The standard InChI is InChI=1S/C29H31ClN6O/c1-35-14-4-7-21(35)17-37-29-33-27-23(28(34-29)36-15-19-10-11-20(16-36)31-19)12-13-25(32-27)22-8-2-5-18-6-3-9-24(30)26(18)22/h2-3,5-6,8-9,12-13,19-21,31H,4,7,10-11,14-17H2,1H3/t19-,20+,21?. The first kappa shape index (κ1) is 23.1. The predicted octanol–water partition coefficient (Wildman–Crippen LogP) is 4.91. The van der Waals surface area contributed by atoms with Crippen LogP contribution >= 0.6 is 11.6 Å². The highest BCUT2D eigenvalue weighted by atomic mass is 35.5. The van der Waals surface area contributed by atoms with E-state index in [-0.39, 0.29) is 0 Å². The van der Waals surface area contributed by atoms with Gasteiger partial charge in [0.15, 0.2) is 5.65 Å². The number of anilines is 1. The fraction of sp³-hybridized carbons (Fsp3) is 0.414. The third-order valence-corrected chi connectivity index (χ3v) is 8.56. The molecule has 0 saturated carbocycles. The van der Waals surface area contributed by atoms with Crippen molar-refractivity contribution in [1.29, 1.82) is 0 Å². The SMILES string of the molecule is CN1CCCC1COc1nc(N2C[C@H]3CC[C@@H](C2)N3)c2ccc(-c3cccc4cccc(Cl)c34)nc2n1. The average molecular weight is 515 g/mol. The maximum atomic E-state index is 6.64. The van der Waals surface area contributed by atoms with Crippen LogP contribution in [-0.4, -0.2) is 71.3 Å². The highest BCUT2D eigenvalue weighted by molar-refractivity contribution is 6.36. The van der Waals surface area contributed by atoms with Gasteiger partial charge in [0.25, 0.3) is 0 Å². The van der Waals surface area contributed by atoms with E-state index >= 15 is 0 Å². The summed E-state index contributed by atoms with van der Waals surface area (Å²) in [7, 11) is 2.16. The molecule has 0 amide bonds. The van der Waals surface area contributed by atoms with Gasteiger partial charge in [-0.25, -0.2) is 4.98 Å². The number of hydrogen-bond acceptors (Lipinski definition) is 7. The third-order valence-electron chi connectivity index (χ3n) is 8.24. The molecule has 3 aliphatic rings. The lowest BCUT2D eigenvalue weighted by molar-refractivity contribution is 0.188. The summed E-state index contributed by atoms with van der Waals surface area (Å²) < 4.78 is 6.24. The van der Waals surface area contributed by atoms with Crippen LogP contribution in [0.5, 0.6) is 6.01 Å². The normalized spacial score (nSPS) is 23.8. The molecule has 190 valence electrons. The van der Waals surface area contributed by atoms with Crippen LogP contribution in [0.1, 0.15) is 25.7 Å². The highest BCUT2D eigenvalue weighted by Gasteiger charge is 2.34. The van der Waals surface area contributed by atoms with Crippen molar-refractivity contribution in [2.45, 2.75) is 43.8 Å². The van der Waals surface area contributed by atoms with E-state index in [9.17, 15) is 0 Å². The molecule has 1 N–H and O–H groups in total. The fourth-order valence-corrected chi connectivity index (χ4v) is 6.55. The lowest BCUT2D eigenvalue weighted by atomic mass is 10.0. The van der Waals surface area contributed by atoms with E-state index in [1.807, 2.05) is 12.1 Å². The lowest BCUT2D eigenvalue weighted by Crippen LogP contribution is -2.51. The third kappa shape index (κ3) is 4.29. The summed E-state index contributed by atoms with van der Waals surface area (Å²) in [5.74, 6) is 0.924. The Morgan fingerprint density at radius 1 is 0.973 bits per heavy atom. The van der Waals surface area contributed by atoms with Crippen LogP contribution in [0.15, 0.2) is 48.5 Å². The predicted molar refractivity (Wildman–Crippen MR) is 149 cm³/mol. The number of likely N-dealkylation sites (N-methyl/N-ethyl adjacent to an activating group) is 1. The Hall–Kier alpha value is -3.00. The zero-order chi connectivity index (χ0) is 24.9. The molecule has 3 atom stereocenters. The second-order valence-corrected chi connectivity index (χ2v) is 11.1.